The molecule has 0 atom stereocenters. The van der Waals surface area contributed by atoms with Gasteiger partial charge in [-0.25, -0.2) is 13.2 Å². The fourth-order valence-electron chi connectivity index (χ4n) is 1.19. The summed E-state index contributed by atoms with van der Waals surface area (Å²) in [5, 5.41) is 2.49. The van der Waals surface area contributed by atoms with Crippen molar-refractivity contribution >= 4 is 11.7 Å². The summed E-state index contributed by atoms with van der Waals surface area (Å²) in [4.78, 5) is 10.9. The number of halogens is 3. The second-order valence-corrected chi connectivity index (χ2v) is 3.20. The number of hydrogen-bond donors (Lipinski definition) is 1. The highest BCUT2D eigenvalue weighted by atomic mass is 19.2. The van der Waals surface area contributed by atoms with E-state index in [9.17, 15) is 18.0 Å². The lowest BCUT2D eigenvalue weighted by Crippen LogP contribution is -2.12. The summed E-state index contributed by atoms with van der Waals surface area (Å²) >= 11 is 0. The first-order valence-electron chi connectivity index (χ1n) is 5.09. The molecule has 1 N–H and O–H groups in total. The van der Waals surface area contributed by atoms with Gasteiger partial charge in [0.25, 0.3) is 0 Å². The van der Waals surface area contributed by atoms with E-state index in [0.717, 1.165) is 12.1 Å². The number of rotatable bonds is 5. The summed E-state index contributed by atoms with van der Waals surface area (Å²) in [5.74, 6) is -4.53. The molecule has 6 heteroatoms. The average Bonchev–Trinajstić information content (AvgIpc) is 2.29. The molecule has 0 unspecified atom stereocenters. The van der Waals surface area contributed by atoms with Crippen LogP contribution in [0.5, 0.6) is 0 Å². The van der Waals surface area contributed by atoms with E-state index in [1.165, 1.54) is 0 Å². The van der Waals surface area contributed by atoms with E-state index in [2.05, 4.69) is 10.1 Å². The van der Waals surface area contributed by atoms with Gasteiger partial charge < -0.3 is 10.1 Å². The number of carbonyl (C=O) groups excluding carboxylic acids is 1. The third kappa shape index (κ3) is 3.65. The highest BCUT2D eigenvalue weighted by Crippen LogP contribution is 2.19. The Morgan fingerprint density at radius 2 is 2.00 bits per heavy atom. The van der Waals surface area contributed by atoms with E-state index in [4.69, 9.17) is 0 Å². The summed E-state index contributed by atoms with van der Waals surface area (Å²) in [7, 11) is 0. The van der Waals surface area contributed by atoms with Crippen LogP contribution < -0.4 is 5.32 Å². The fourth-order valence-corrected chi connectivity index (χ4v) is 1.19. The van der Waals surface area contributed by atoms with Gasteiger partial charge in [0.05, 0.1) is 18.7 Å². The first kappa shape index (κ1) is 13.3. The molecule has 0 bridgehead atoms. The minimum absolute atomic E-state index is 0.0201. The normalized spacial score (nSPS) is 10.1. The number of hydrogen-bond acceptors (Lipinski definition) is 3. The molecular formula is C11H12F3NO2. The summed E-state index contributed by atoms with van der Waals surface area (Å²) in [5.41, 5.74) is -0.187. The molecule has 17 heavy (non-hydrogen) atoms. The molecule has 0 aromatic heterocycles. The largest absolute Gasteiger partial charge is 0.466 e. The molecule has 0 saturated heterocycles. The van der Waals surface area contributed by atoms with Crippen LogP contribution in [0, 0.1) is 17.5 Å². The quantitative estimate of drug-likeness (QED) is 0.641. The van der Waals surface area contributed by atoms with Gasteiger partial charge in [-0.3, -0.25) is 4.79 Å². The lowest BCUT2D eigenvalue weighted by Gasteiger charge is -2.07. The third-order valence-electron chi connectivity index (χ3n) is 1.99. The highest BCUT2D eigenvalue weighted by Gasteiger charge is 2.13. The molecule has 0 heterocycles. The number of esters is 1. The molecule has 0 saturated carbocycles. The van der Waals surface area contributed by atoms with E-state index in [1.807, 2.05) is 0 Å². The minimum Gasteiger partial charge on any atom is -0.466 e. The number of ether oxygens (including phenoxy) is 1. The Morgan fingerprint density at radius 3 is 2.65 bits per heavy atom. The number of carbonyl (C=O) groups is 1. The van der Waals surface area contributed by atoms with Crippen molar-refractivity contribution < 1.29 is 22.7 Å². The molecule has 0 fully saturated rings. The number of anilines is 1. The first-order valence-corrected chi connectivity index (χ1v) is 5.09. The van der Waals surface area contributed by atoms with Gasteiger partial charge in [-0.1, -0.05) is 0 Å². The van der Waals surface area contributed by atoms with Gasteiger partial charge in [0.1, 0.15) is 0 Å². The van der Waals surface area contributed by atoms with E-state index in [1.54, 1.807) is 6.92 Å². The zero-order valence-corrected chi connectivity index (χ0v) is 9.23. The van der Waals surface area contributed by atoms with Crippen molar-refractivity contribution in [3.05, 3.63) is 29.6 Å². The second-order valence-electron chi connectivity index (χ2n) is 3.20. The number of benzene rings is 1. The van der Waals surface area contributed by atoms with Crippen molar-refractivity contribution in [3.63, 3.8) is 0 Å². The molecule has 1 aromatic rings. The summed E-state index contributed by atoms with van der Waals surface area (Å²) in [6.45, 7) is 2.01. The predicted octanol–water partition coefficient (Wildman–Crippen LogP) is 2.47. The van der Waals surface area contributed by atoms with Gasteiger partial charge in [-0.15, -0.1) is 0 Å². The zero-order valence-electron chi connectivity index (χ0n) is 9.23. The Kier molecular flexibility index (Phi) is 4.81. The van der Waals surface area contributed by atoms with Crippen LogP contribution in [-0.4, -0.2) is 19.1 Å². The molecule has 0 amide bonds. The van der Waals surface area contributed by atoms with E-state index >= 15 is 0 Å². The van der Waals surface area contributed by atoms with Gasteiger partial charge in [0, 0.05) is 6.54 Å². The Labute approximate surface area is 96.6 Å². The maximum Gasteiger partial charge on any atom is 0.307 e. The first-order chi connectivity index (χ1) is 8.06. The van der Waals surface area contributed by atoms with Crippen LogP contribution in [-0.2, 0) is 9.53 Å². The van der Waals surface area contributed by atoms with Gasteiger partial charge in [-0.2, -0.15) is 0 Å². The fraction of sp³-hybridized carbons (Fsp3) is 0.364. The van der Waals surface area contributed by atoms with Gasteiger partial charge >= 0.3 is 5.97 Å². The molecule has 0 aliphatic carbocycles. The Morgan fingerprint density at radius 1 is 1.29 bits per heavy atom. The molecule has 94 valence electrons. The number of nitrogens with one attached hydrogen (secondary N) is 1. The maximum atomic E-state index is 13.1. The predicted molar refractivity (Wildman–Crippen MR) is 56.1 cm³/mol. The minimum atomic E-state index is -1.54. The molecule has 0 spiro atoms. The summed E-state index contributed by atoms with van der Waals surface area (Å²) in [6, 6.07) is 1.88. The van der Waals surface area contributed by atoms with Crippen LogP contribution in [0.15, 0.2) is 12.1 Å². The Bertz CT molecular complexity index is 410. The van der Waals surface area contributed by atoms with Gasteiger partial charge in [0.2, 0.25) is 0 Å². The summed E-state index contributed by atoms with van der Waals surface area (Å²) < 4.78 is 43.2. The Balaban J connectivity index is 2.53. The lowest BCUT2D eigenvalue weighted by molar-refractivity contribution is -0.142. The molecule has 0 aliphatic heterocycles. The van der Waals surface area contributed by atoms with Crippen molar-refractivity contribution in [2.45, 2.75) is 13.3 Å². The van der Waals surface area contributed by atoms with Crippen molar-refractivity contribution in [1.82, 2.24) is 0 Å². The van der Waals surface area contributed by atoms with E-state index in [0.29, 0.717) is 0 Å². The topological polar surface area (TPSA) is 38.3 Å². The smallest absolute Gasteiger partial charge is 0.307 e. The van der Waals surface area contributed by atoms with Crippen molar-refractivity contribution in [2.24, 2.45) is 0 Å². The van der Waals surface area contributed by atoms with Crippen LogP contribution in [0.2, 0.25) is 0 Å². The van der Waals surface area contributed by atoms with Crippen LogP contribution in [0.3, 0.4) is 0 Å². The average molecular weight is 247 g/mol. The second kappa shape index (κ2) is 6.12. The molecule has 0 radical (unpaired) electrons. The monoisotopic (exact) mass is 247 g/mol. The van der Waals surface area contributed by atoms with E-state index < -0.39 is 23.4 Å². The maximum absolute atomic E-state index is 13.1. The standard InChI is InChI=1S/C11H12F3NO2/c1-2-17-9(16)5-6-15-8-4-3-7(12)10(13)11(8)14/h3-4,15H,2,5-6H2,1H3. The molecular weight excluding hydrogens is 235 g/mol. The highest BCUT2D eigenvalue weighted by molar-refractivity contribution is 5.70. The molecule has 0 aliphatic rings. The SMILES string of the molecule is CCOC(=O)CCNc1ccc(F)c(F)c1F. The van der Waals surface area contributed by atoms with Gasteiger partial charge in [0.15, 0.2) is 17.5 Å². The summed E-state index contributed by atoms with van der Waals surface area (Å²) in [6.07, 6.45) is 0.0201. The van der Waals surface area contributed by atoms with E-state index in [-0.39, 0.29) is 25.3 Å². The van der Waals surface area contributed by atoms with Crippen LogP contribution in [0.25, 0.3) is 0 Å². The van der Waals surface area contributed by atoms with Crippen LogP contribution in [0.4, 0.5) is 18.9 Å². The van der Waals surface area contributed by atoms with Crippen LogP contribution >= 0.6 is 0 Å². The van der Waals surface area contributed by atoms with Crippen molar-refractivity contribution in [2.75, 3.05) is 18.5 Å². The molecule has 1 rings (SSSR count). The molecule has 3 nitrogen and oxygen atoms in total. The van der Waals surface area contributed by atoms with Crippen molar-refractivity contribution in [3.8, 4) is 0 Å². The van der Waals surface area contributed by atoms with Crippen molar-refractivity contribution in [1.29, 1.82) is 0 Å². The Hall–Kier alpha value is -1.72. The lowest BCUT2D eigenvalue weighted by atomic mass is 10.2. The molecule has 1 aromatic carbocycles. The van der Waals surface area contributed by atoms with Crippen LogP contribution in [0.1, 0.15) is 13.3 Å². The third-order valence-corrected chi connectivity index (χ3v) is 1.99. The zero-order chi connectivity index (χ0) is 12.8. The van der Waals surface area contributed by atoms with Gasteiger partial charge in [-0.05, 0) is 19.1 Å².